The number of amides is 1. The molecule has 3 fully saturated rings. The van der Waals surface area contributed by atoms with Crippen LogP contribution in [0.25, 0.3) is 10.6 Å². The second-order valence-electron chi connectivity index (χ2n) is 6.48. The number of methoxy groups -OCH3 is 1. The van der Waals surface area contributed by atoms with E-state index in [2.05, 4.69) is 15.2 Å². The van der Waals surface area contributed by atoms with Gasteiger partial charge in [0.25, 0.3) is 5.91 Å². The summed E-state index contributed by atoms with van der Waals surface area (Å²) >= 11 is 1.43. The Morgan fingerprint density at radius 3 is 2.92 bits per heavy atom. The topological polar surface area (TPSA) is 54.5 Å². The van der Waals surface area contributed by atoms with Gasteiger partial charge in [0.2, 0.25) is 0 Å². The van der Waals surface area contributed by atoms with E-state index in [0.29, 0.717) is 10.8 Å². The summed E-state index contributed by atoms with van der Waals surface area (Å²) in [6.45, 7) is 3.34. The van der Waals surface area contributed by atoms with Crippen molar-refractivity contribution in [2.75, 3.05) is 26.7 Å². The molecule has 1 aromatic heterocycles. The molecular formula is C18H21N3O2S. The second-order valence-corrected chi connectivity index (χ2v) is 7.51. The van der Waals surface area contributed by atoms with E-state index in [9.17, 15) is 4.79 Å². The van der Waals surface area contributed by atoms with Gasteiger partial charge in [0, 0.05) is 18.2 Å². The lowest BCUT2D eigenvalue weighted by Gasteiger charge is -2.44. The number of rotatable bonds is 4. The Hall–Kier alpha value is -1.92. The molecule has 0 aliphatic carbocycles. The molecule has 3 saturated heterocycles. The zero-order valence-corrected chi connectivity index (χ0v) is 14.5. The van der Waals surface area contributed by atoms with Gasteiger partial charge in [-0.3, -0.25) is 4.79 Å². The molecule has 3 aliphatic rings. The van der Waals surface area contributed by atoms with E-state index in [-0.39, 0.29) is 11.9 Å². The average molecular weight is 343 g/mol. The van der Waals surface area contributed by atoms with Crippen molar-refractivity contribution in [1.82, 2.24) is 15.2 Å². The zero-order chi connectivity index (χ0) is 16.5. The Morgan fingerprint density at radius 1 is 1.38 bits per heavy atom. The van der Waals surface area contributed by atoms with Gasteiger partial charge in [0.05, 0.1) is 13.3 Å². The molecule has 0 spiro atoms. The zero-order valence-electron chi connectivity index (χ0n) is 13.7. The minimum Gasteiger partial charge on any atom is -0.497 e. The van der Waals surface area contributed by atoms with Crippen LogP contribution in [0.15, 0.2) is 30.5 Å². The molecule has 126 valence electrons. The fraction of sp³-hybridized carbons (Fsp3) is 0.444. The summed E-state index contributed by atoms with van der Waals surface area (Å²) in [6, 6.07) is 8.03. The van der Waals surface area contributed by atoms with Crippen molar-refractivity contribution in [3.8, 4) is 16.3 Å². The van der Waals surface area contributed by atoms with Crippen LogP contribution in [0.1, 0.15) is 22.5 Å². The molecule has 3 aliphatic heterocycles. The molecule has 24 heavy (non-hydrogen) atoms. The normalized spacial score (nSPS) is 25.5. The fourth-order valence-electron chi connectivity index (χ4n) is 3.64. The third-order valence-corrected chi connectivity index (χ3v) is 6.06. The molecule has 5 rings (SSSR count). The second kappa shape index (κ2) is 6.53. The number of hydrogen-bond acceptors (Lipinski definition) is 5. The van der Waals surface area contributed by atoms with Crippen molar-refractivity contribution in [1.29, 1.82) is 0 Å². The van der Waals surface area contributed by atoms with Crippen LogP contribution in [0.3, 0.4) is 0 Å². The predicted octanol–water partition coefficient (Wildman–Crippen LogP) is 2.64. The number of hydrogen-bond donors (Lipinski definition) is 1. The highest BCUT2D eigenvalue weighted by molar-refractivity contribution is 7.16. The van der Waals surface area contributed by atoms with Gasteiger partial charge < -0.3 is 15.0 Å². The number of nitrogens with one attached hydrogen (secondary N) is 1. The van der Waals surface area contributed by atoms with Gasteiger partial charge in [-0.1, -0.05) is 12.1 Å². The molecule has 1 unspecified atom stereocenters. The molecule has 6 heteroatoms. The first-order valence-electron chi connectivity index (χ1n) is 8.36. The summed E-state index contributed by atoms with van der Waals surface area (Å²) in [5.41, 5.74) is 0.973. The Balaban J connectivity index is 1.47. The van der Waals surface area contributed by atoms with Crippen LogP contribution in [0.5, 0.6) is 5.75 Å². The molecule has 1 N–H and O–H groups in total. The predicted molar refractivity (Wildman–Crippen MR) is 94.5 cm³/mol. The molecule has 0 saturated carbocycles. The van der Waals surface area contributed by atoms with Crippen molar-refractivity contribution in [3.05, 3.63) is 35.3 Å². The quantitative estimate of drug-likeness (QED) is 0.927. The molecule has 5 nitrogen and oxygen atoms in total. The summed E-state index contributed by atoms with van der Waals surface area (Å²) in [5.74, 6) is 1.42. The van der Waals surface area contributed by atoms with Crippen molar-refractivity contribution in [3.63, 3.8) is 0 Å². The van der Waals surface area contributed by atoms with Crippen LogP contribution >= 0.6 is 11.3 Å². The van der Waals surface area contributed by atoms with Crippen LogP contribution in [0, 0.1) is 5.92 Å². The minimum atomic E-state index is 0.000367. The van der Waals surface area contributed by atoms with E-state index in [1.54, 1.807) is 13.3 Å². The molecule has 1 amide bonds. The van der Waals surface area contributed by atoms with Crippen LogP contribution in [-0.2, 0) is 0 Å². The Bertz CT molecular complexity index is 737. The van der Waals surface area contributed by atoms with Gasteiger partial charge in [-0.25, -0.2) is 4.98 Å². The van der Waals surface area contributed by atoms with Crippen LogP contribution in [0.4, 0.5) is 0 Å². The number of thiazole rings is 1. The maximum atomic E-state index is 12.6. The Labute approximate surface area is 145 Å². The number of carbonyl (C=O) groups is 1. The smallest absolute Gasteiger partial charge is 0.263 e. The van der Waals surface area contributed by atoms with Crippen molar-refractivity contribution >= 4 is 17.2 Å². The lowest BCUT2D eigenvalue weighted by Crippen LogP contribution is -2.57. The summed E-state index contributed by atoms with van der Waals surface area (Å²) in [7, 11) is 1.65. The third-order valence-electron chi connectivity index (χ3n) is 5.02. The van der Waals surface area contributed by atoms with E-state index < -0.39 is 0 Å². The van der Waals surface area contributed by atoms with Crippen molar-refractivity contribution in [2.24, 2.45) is 5.92 Å². The third kappa shape index (κ3) is 3.03. The number of carbonyl (C=O) groups excluding carboxylic acids is 1. The Morgan fingerprint density at radius 2 is 2.21 bits per heavy atom. The van der Waals surface area contributed by atoms with Gasteiger partial charge in [-0.2, -0.15) is 0 Å². The first-order valence-corrected chi connectivity index (χ1v) is 9.18. The van der Waals surface area contributed by atoms with E-state index in [1.807, 2.05) is 24.3 Å². The lowest BCUT2D eigenvalue weighted by molar-refractivity contribution is 0.0622. The number of piperidine rings is 3. The lowest BCUT2D eigenvalue weighted by atomic mass is 9.84. The number of nitrogens with zero attached hydrogens (tertiary/aromatic N) is 2. The molecule has 0 radical (unpaired) electrons. The number of benzene rings is 1. The van der Waals surface area contributed by atoms with E-state index in [4.69, 9.17) is 4.74 Å². The number of fused-ring (bicyclic) bond motifs is 3. The van der Waals surface area contributed by atoms with Crippen molar-refractivity contribution in [2.45, 2.75) is 18.9 Å². The molecule has 2 bridgehead atoms. The van der Waals surface area contributed by atoms with Gasteiger partial charge in [-0.15, -0.1) is 11.3 Å². The van der Waals surface area contributed by atoms with Gasteiger partial charge in [0.1, 0.15) is 15.6 Å². The first kappa shape index (κ1) is 15.6. The van der Waals surface area contributed by atoms with Crippen LogP contribution in [0.2, 0.25) is 0 Å². The van der Waals surface area contributed by atoms with E-state index >= 15 is 0 Å². The fourth-order valence-corrected chi connectivity index (χ4v) is 4.45. The average Bonchev–Trinajstić information content (AvgIpc) is 3.13. The molecular weight excluding hydrogens is 322 g/mol. The maximum Gasteiger partial charge on any atom is 0.263 e. The van der Waals surface area contributed by atoms with Crippen molar-refractivity contribution < 1.29 is 9.53 Å². The SMILES string of the molecule is COc1cccc(-c2ncc(C(=O)NC3CN4CCC3CC4)s2)c1. The Kier molecular flexibility index (Phi) is 4.24. The highest BCUT2D eigenvalue weighted by atomic mass is 32.1. The summed E-state index contributed by atoms with van der Waals surface area (Å²) < 4.78 is 5.25. The van der Waals surface area contributed by atoms with E-state index in [1.165, 1.54) is 37.3 Å². The van der Waals surface area contributed by atoms with Gasteiger partial charge in [0.15, 0.2) is 0 Å². The monoisotopic (exact) mass is 343 g/mol. The van der Waals surface area contributed by atoms with Gasteiger partial charge >= 0.3 is 0 Å². The maximum absolute atomic E-state index is 12.6. The molecule has 1 aromatic carbocycles. The molecule has 2 aromatic rings. The highest BCUT2D eigenvalue weighted by Crippen LogP contribution is 2.30. The minimum absolute atomic E-state index is 0.000367. The standard InChI is InChI=1S/C18H21N3O2S/c1-23-14-4-2-3-13(9-14)18-19-10-16(24-18)17(22)20-15-11-21-7-5-12(15)6-8-21/h2-4,9-10,12,15H,5-8,11H2,1H3,(H,20,22). The highest BCUT2D eigenvalue weighted by Gasteiger charge is 2.35. The van der Waals surface area contributed by atoms with E-state index in [0.717, 1.165) is 22.9 Å². The summed E-state index contributed by atoms with van der Waals surface area (Å²) in [5, 5.41) is 4.06. The van der Waals surface area contributed by atoms with Gasteiger partial charge in [-0.05, 0) is 44.0 Å². The number of ether oxygens (including phenoxy) is 1. The molecule has 1 atom stereocenters. The number of aromatic nitrogens is 1. The van der Waals surface area contributed by atoms with Crippen LogP contribution < -0.4 is 10.1 Å². The summed E-state index contributed by atoms with van der Waals surface area (Å²) in [6.07, 6.45) is 4.07. The first-order chi connectivity index (χ1) is 11.7. The molecule has 4 heterocycles. The largest absolute Gasteiger partial charge is 0.497 e. The van der Waals surface area contributed by atoms with Crippen LogP contribution in [-0.4, -0.2) is 48.6 Å². The summed E-state index contributed by atoms with van der Waals surface area (Å²) in [4.78, 5) is 20.1.